The Kier molecular flexibility index (Phi) is 5.94. The first-order chi connectivity index (χ1) is 12.6. The Balaban J connectivity index is 1.42. The minimum absolute atomic E-state index is 0.0747. The molecular weight excluding hydrogens is 328 g/mol. The van der Waals surface area contributed by atoms with Crippen molar-refractivity contribution >= 4 is 11.8 Å². The van der Waals surface area contributed by atoms with E-state index in [0.717, 1.165) is 19.3 Å². The van der Waals surface area contributed by atoms with Gasteiger partial charge in [-0.05, 0) is 31.7 Å². The number of nitrogens with one attached hydrogen (secondary N) is 1. The van der Waals surface area contributed by atoms with E-state index in [4.69, 9.17) is 0 Å². The van der Waals surface area contributed by atoms with Crippen LogP contribution in [0.1, 0.15) is 40.9 Å². The summed E-state index contributed by atoms with van der Waals surface area (Å²) in [6.45, 7) is 3.42. The Labute approximate surface area is 153 Å². The fourth-order valence-electron chi connectivity index (χ4n) is 3.11. The molecule has 0 atom stereocenters. The van der Waals surface area contributed by atoms with E-state index in [1.807, 2.05) is 4.90 Å². The zero-order valence-electron chi connectivity index (χ0n) is 15.0. The van der Waals surface area contributed by atoms with Gasteiger partial charge in [0.25, 0.3) is 5.91 Å². The van der Waals surface area contributed by atoms with Crippen LogP contribution in [0.4, 0.5) is 0 Å². The largest absolute Gasteiger partial charge is 0.348 e. The van der Waals surface area contributed by atoms with E-state index in [0.29, 0.717) is 25.2 Å². The molecule has 1 N–H and O–H groups in total. The normalized spacial score (nSPS) is 14.9. The zero-order valence-corrected chi connectivity index (χ0v) is 15.0. The highest BCUT2D eigenvalue weighted by Gasteiger charge is 2.24. The number of aryl methyl sites for hydroxylation is 2. The van der Waals surface area contributed by atoms with Crippen molar-refractivity contribution in [2.45, 2.75) is 38.6 Å². The maximum absolute atomic E-state index is 12.4. The second kappa shape index (κ2) is 8.56. The van der Waals surface area contributed by atoms with E-state index in [-0.39, 0.29) is 17.9 Å². The number of nitrogens with zero attached hydrogens (tertiary/aromatic N) is 3. The summed E-state index contributed by atoms with van der Waals surface area (Å²) in [4.78, 5) is 34.3. The Bertz CT molecular complexity index is 738. The third-order valence-electron chi connectivity index (χ3n) is 4.73. The van der Waals surface area contributed by atoms with E-state index in [1.165, 1.54) is 29.7 Å². The van der Waals surface area contributed by atoms with E-state index < -0.39 is 0 Å². The van der Waals surface area contributed by atoms with Crippen molar-refractivity contribution in [3.05, 3.63) is 59.7 Å². The molecule has 0 spiro atoms. The number of carbonyl (C=O) groups is 2. The minimum atomic E-state index is -0.206. The molecule has 6 heteroatoms. The fourth-order valence-corrected chi connectivity index (χ4v) is 3.11. The van der Waals surface area contributed by atoms with Gasteiger partial charge in [-0.2, -0.15) is 0 Å². The number of rotatable bonds is 5. The molecule has 0 aliphatic carbocycles. The third-order valence-corrected chi connectivity index (χ3v) is 4.73. The van der Waals surface area contributed by atoms with Gasteiger partial charge < -0.3 is 10.2 Å². The highest BCUT2D eigenvalue weighted by molar-refractivity contribution is 5.92. The van der Waals surface area contributed by atoms with E-state index >= 15 is 0 Å². The maximum Gasteiger partial charge on any atom is 0.271 e. The molecule has 1 aliphatic rings. The van der Waals surface area contributed by atoms with Gasteiger partial charge in [-0.15, -0.1) is 0 Å². The maximum atomic E-state index is 12.4. The number of benzene rings is 1. The van der Waals surface area contributed by atoms with Gasteiger partial charge >= 0.3 is 0 Å². The molecule has 2 aromatic rings. The SMILES string of the molecule is Cc1ccc(CCC(=O)N2CCC(NC(=O)c3cnccn3)CC2)cc1. The first-order valence-corrected chi connectivity index (χ1v) is 9.02. The van der Waals surface area contributed by atoms with Crippen LogP contribution in [0.2, 0.25) is 0 Å². The van der Waals surface area contributed by atoms with Gasteiger partial charge in [-0.25, -0.2) is 4.98 Å². The standard InChI is InChI=1S/C20H24N4O2/c1-15-2-4-16(5-3-15)6-7-19(25)24-12-8-17(9-13-24)23-20(26)18-14-21-10-11-22-18/h2-5,10-11,14,17H,6-9,12-13H2,1H3,(H,23,26). The summed E-state index contributed by atoms with van der Waals surface area (Å²) in [6, 6.07) is 8.38. The number of aromatic nitrogens is 2. The summed E-state index contributed by atoms with van der Waals surface area (Å²) in [7, 11) is 0. The van der Waals surface area contributed by atoms with Crippen LogP contribution in [0, 0.1) is 6.92 Å². The first-order valence-electron chi connectivity index (χ1n) is 9.02. The van der Waals surface area contributed by atoms with Crippen molar-refractivity contribution in [1.82, 2.24) is 20.2 Å². The van der Waals surface area contributed by atoms with Crippen LogP contribution >= 0.6 is 0 Å². The molecule has 1 aliphatic heterocycles. The average molecular weight is 352 g/mol. The minimum Gasteiger partial charge on any atom is -0.348 e. The Hall–Kier alpha value is -2.76. The smallest absolute Gasteiger partial charge is 0.271 e. The molecule has 2 heterocycles. The summed E-state index contributed by atoms with van der Waals surface area (Å²) in [6.07, 6.45) is 7.33. The van der Waals surface area contributed by atoms with Crippen molar-refractivity contribution in [2.75, 3.05) is 13.1 Å². The summed E-state index contributed by atoms with van der Waals surface area (Å²) in [5, 5.41) is 2.98. The van der Waals surface area contributed by atoms with Gasteiger partial charge in [0.15, 0.2) is 0 Å². The Morgan fingerprint density at radius 2 is 1.88 bits per heavy atom. The van der Waals surface area contributed by atoms with Gasteiger partial charge in [-0.3, -0.25) is 14.6 Å². The predicted octanol–water partition coefficient (Wildman–Crippen LogP) is 2.14. The summed E-state index contributed by atoms with van der Waals surface area (Å²) in [5.74, 6) is -0.0217. The van der Waals surface area contributed by atoms with Crippen molar-refractivity contribution in [3.8, 4) is 0 Å². The van der Waals surface area contributed by atoms with Gasteiger partial charge in [-0.1, -0.05) is 29.8 Å². The van der Waals surface area contributed by atoms with Crippen molar-refractivity contribution in [2.24, 2.45) is 0 Å². The highest BCUT2D eigenvalue weighted by atomic mass is 16.2. The lowest BCUT2D eigenvalue weighted by Crippen LogP contribution is -2.46. The zero-order chi connectivity index (χ0) is 18.4. The third kappa shape index (κ3) is 4.88. The van der Waals surface area contributed by atoms with Gasteiger partial charge in [0.2, 0.25) is 5.91 Å². The fraction of sp³-hybridized carbons (Fsp3) is 0.400. The molecule has 0 bridgehead atoms. The van der Waals surface area contributed by atoms with Gasteiger partial charge in [0.1, 0.15) is 5.69 Å². The number of carbonyl (C=O) groups excluding carboxylic acids is 2. The molecule has 1 aromatic heterocycles. The number of amides is 2. The van der Waals surface area contributed by atoms with Gasteiger partial charge in [0.05, 0.1) is 6.20 Å². The molecule has 136 valence electrons. The molecule has 1 saturated heterocycles. The van der Waals surface area contributed by atoms with Crippen molar-refractivity contribution < 1.29 is 9.59 Å². The predicted molar refractivity (Wildman–Crippen MR) is 98.6 cm³/mol. The van der Waals surface area contributed by atoms with Crippen molar-refractivity contribution in [1.29, 1.82) is 0 Å². The van der Waals surface area contributed by atoms with Gasteiger partial charge in [0, 0.05) is 37.9 Å². The number of hydrogen-bond acceptors (Lipinski definition) is 4. The molecule has 0 unspecified atom stereocenters. The monoisotopic (exact) mass is 352 g/mol. The lowest BCUT2D eigenvalue weighted by molar-refractivity contribution is -0.132. The average Bonchev–Trinajstić information content (AvgIpc) is 2.68. The van der Waals surface area contributed by atoms with Crippen LogP contribution in [0.5, 0.6) is 0 Å². The number of piperidine rings is 1. The lowest BCUT2D eigenvalue weighted by atomic mass is 10.0. The molecule has 6 nitrogen and oxygen atoms in total. The molecule has 1 fully saturated rings. The molecule has 1 aromatic carbocycles. The number of hydrogen-bond donors (Lipinski definition) is 1. The number of likely N-dealkylation sites (tertiary alicyclic amines) is 1. The highest BCUT2D eigenvalue weighted by Crippen LogP contribution is 2.14. The second-order valence-electron chi connectivity index (χ2n) is 6.70. The van der Waals surface area contributed by atoms with E-state index in [9.17, 15) is 9.59 Å². The molecule has 0 saturated carbocycles. The molecular formula is C20H24N4O2. The van der Waals surface area contributed by atoms with Crippen LogP contribution in [-0.2, 0) is 11.2 Å². The van der Waals surface area contributed by atoms with Crippen LogP contribution in [0.3, 0.4) is 0 Å². The Morgan fingerprint density at radius 3 is 2.54 bits per heavy atom. The van der Waals surface area contributed by atoms with Crippen LogP contribution < -0.4 is 5.32 Å². The van der Waals surface area contributed by atoms with E-state index in [1.54, 1.807) is 0 Å². The van der Waals surface area contributed by atoms with Crippen LogP contribution in [0.25, 0.3) is 0 Å². The summed E-state index contributed by atoms with van der Waals surface area (Å²) >= 11 is 0. The van der Waals surface area contributed by atoms with Crippen LogP contribution in [-0.4, -0.2) is 45.8 Å². The topological polar surface area (TPSA) is 75.2 Å². The van der Waals surface area contributed by atoms with Crippen molar-refractivity contribution in [3.63, 3.8) is 0 Å². The first kappa shape index (κ1) is 18.0. The summed E-state index contributed by atoms with van der Waals surface area (Å²) < 4.78 is 0. The lowest BCUT2D eigenvalue weighted by Gasteiger charge is -2.32. The van der Waals surface area contributed by atoms with Crippen LogP contribution in [0.15, 0.2) is 42.9 Å². The molecule has 3 rings (SSSR count). The molecule has 2 amide bonds. The molecule has 26 heavy (non-hydrogen) atoms. The molecule has 0 radical (unpaired) electrons. The Morgan fingerprint density at radius 1 is 1.15 bits per heavy atom. The summed E-state index contributed by atoms with van der Waals surface area (Å²) in [5.41, 5.74) is 2.74. The second-order valence-corrected chi connectivity index (χ2v) is 6.70. The van der Waals surface area contributed by atoms with E-state index in [2.05, 4.69) is 46.5 Å². The quantitative estimate of drug-likeness (QED) is 0.895.